The molecule has 0 saturated carbocycles. The van der Waals surface area contributed by atoms with E-state index in [1.807, 2.05) is 31.2 Å². The first-order valence-electron chi connectivity index (χ1n) is 10.2. The van der Waals surface area contributed by atoms with Crippen molar-refractivity contribution in [3.8, 4) is 11.5 Å². The van der Waals surface area contributed by atoms with E-state index in [0.29, 0.717) is 36.2 Å². The van der Waals surface area contributed by atoms with Gasteiger partial charge in [0.1, 0.15) is 17.6 Å². The normalized spacial score (nSPS) is 15.2. The van der Waals surface area contributed by atoms with Crippen LogP contribution in [0.1, 0.15) is 38.7 Å². The van der Waals surface area contributed by atoms with Crippen molar-refractivity contribution in [2.75, 3.05) is 18.1 Å². The van der Waals surface area contributed by atoms with Crippen LogP contribution in [0.4, 0.5) is 5.69 Å². The van der Waals surface area contributed by atoms with E-state index in [9.17, 15) is 9.59 Å². The van der Waals surface area contributed by atoms with E-state index >= 15 is 0 Å². The van der Waals surface area contributed by atoms with Crippen LogP contribution in [0.3, 0.4) is 0 Å². The predicted octanol–water partition coefficient (Wildman–Crippen LogP) is 4.34. The third-order valence-electron chi connectivity index (χ3n) is 4.73. The Labute approximate surface area is 182 Å². The molecule has 1 N–H and O–H groups in total. The van der Waals surface area contributed by atoms with Crippen LogP contribution < -0.4 is 19.7 Å². The molecule has 160 valence electrons. The van der Waals surface area contributed by atoms with E-state index in [1.54, 1.807) is 23.1 Å². The van der Waals surface area contributed by atoms with Crippen LogP contribution in [0.25, 0.3) is 0 Å². The minimum atomic E-state index is -0.165. The Morgan fingerprint density at radius 2 is 1.97 bits per heavy atom. The lowest BCUT2D eigenvalue weighted by molar-refractivity contribution is -0.125. The van der Waals surface area contributed by atoms with E-state index in [0.717, 1.165) is 17.7 Å². The summed E-state index contributed by atoms with van der Waals surface area (Å²) in [6.07, 6.45) is 1.08. The van der Waals surface area contributed by atoms with Gasteiger partial charge in [-0.3, -0.25) is 9.59 Å². The molecule has 0 fully saturated rings. The van der Waals surface area contributed by atoms with Gasteiger partial charge in [-0.15, -0.1) is 0 Å². The predicted molar refractivity (Wildman–Crippen MR) is 117 cm³/mol. The first-order valence-corrected chi connectivity index (χ1v) is 10.6. The number of benzene rings is 2. The minimum Gasteiger partial charge on any atom is -0.494 e. The van der Waals surface area contributed by atoms with Crippen molar-refractivity contribution in [3.63, 3.8) is 0 Å². The number of carbonyl (C=O) groups excluding carboxylic acids is 2. The van der Waals surface area contributed by atoms with Crippen LogP contribution in [0.2, 0.25) is 5.02 Å². The third-order valence-corrected chi connectivity index (χ3v) is 4.97. The van der Waals surface area contributed by atoms with E-state index in [1.165, 1.54) is 0 Å². The fraction of sp³-hybridized carbons (Fsp3) is 0.391. The Morgan fingerprint density at radius 3 is 2.70 bits per heavy atom. The lowest BCUT2D eigenvalue weighted by Crippen LogP contribution is -2.42. The van der Waals surface area contributed by atoms with Gasteiger partial charge in [0.15, 0.2) is 0 Å². The van der Waals surface area contributed by atoms with Gasteiger partial charge in [0.2, 0.25) is 11.8 Å². The van der Waals surface area contributed by atoms with Crippen molar-refractivity contribution in [2.24, 2.45) is 0 Å². The monoisotopic (exact) mass is 430 g/mol. The number of ether oxygens (including phenoxy) is 2. The van der Waals surface area contributed by atoms with E-state index < -0.39 is 0 Å². The van der Waals surface area contributed by atoms with Gasteiger partial charge in [-0.25, -0.2) is 0 Å². The van der Waals surface area contributed by atoms with Crippen LogP contribution in [0.5, 0.6) is 11.5 Å². The summed E-state index contributed by atoms with van der Waals surface area (Å²) in [5.41, 5.74) is 1.63. The number of halogens is 1. The quantitative estimate of drug-likeness (QED) is 0.676. The maximum Gasteiger partial charge on any atom is 0.227 e. The molecule has 6 nitrogen and oxygen atoms in total. The molecule has 7 heteroatoms. The van der Waals surface area contributed by atoms with E-state index in [4.69, 9.17) is 21.1 Å². The van der Waals surface area contributed by atoms with Gasteiger partial charge < -0.3 is 19.7 Å². The Bertz CT molecular complexity index is 885. The standard InChI is InChI=1S/C23H27ClN2O4/c1-3-12-29-19-7-4-17(5-8-19)14-25-22(27)10-11-23(28)26-15-16(2)30-21-9-6-18(24)13-20(21)26/h4-9,13,16H,3,10-12,14-15H2,1-2H3,(H,25,27)/t16-/m0/s1. The zero-order valence-electron chi connectivity index (χ0n) is 17.3. The molecule has 0 spiro atoms. The Kier molecular flexibility index (Phi) is 7.57. The molecular weight excluding hydrogens is 404 g/mol. The molecule has 1 heterocycles. The van der Waals surface area contributed by atoms with Gasteiger partial charge in [-0.2, -0.15) is 0 Å². The van der Waals surface area contributed by atoms with Crippen LogP contribution >= 0.6 is 11.6 Å². The number of carbonyl (C=O) groups is 2. The van der Waals surface area contributed by atoms with Crippen molar-refractivity contribution in [1.29, 1.82) is 0 Å². The summed E-state index contributed by atoms with van der Waals surface area (Å²) >= 11 is 6.08. The maximum absolute atomic E-state index is 12.8. The molecule has 2 aromatic carbocycles. The molecule has 0 aromatic heterocycles. The number of anilines is 1. The molecule has 2 amide bonds. The van der Waals surface area contributed by atoms with Crippen molar-refractivity contribution < 1.29 is 19.1 Å². The maximum atomic E-state index is 12.8. The molecule has 3 rings (SSSR count). The Hall–Kier alpha value is -2.73. The summed E-state index contributed by atoms with van der Waals surface area (Å²) in [6, 6.07) is 12.8. The molecule has 2 aromatic rings. The average molecular weight is 431 g/mol. The number of fused-ring (bicyclic) bond motifs is 1. The highest BCUT2D eigenvalue weighted by molar-refractivity contribution is 6.31. The largest absolute Gasteiger partial charge is 0.494 e. The van der Waals surface area contributed by atoms with Crippen LogP contribution in [-0.4, -0.2) is 31.1 Å². The molecule has 1 aliphatic heterocycles. The molecule has 30 heavy (non-hydrogen) atoms. The topological polar surface area (TPSA) is 67.9 Å². The van der Waals surface area contributed by atoms with Gasteiger partial charge in [-0.1, -0.05) is 30.7 Å². The van der Waals surface area contributed by atoms with E-state index in [-0.39, 0.29) is 30.8 Å². The lowest BCUT2D eigenvalue weighted by Gasteiger charge is -2.33. The highest BCUT2D eigenvalue weighted by Crippen LogP contribution is 2.36. The third kappa shape index (κ3) is 5.89. The van der Waals surface area contributed by atoms with Gasteiger partial charge in [-0.05, 0) is 49.2 Å². The molecular formula is C23H27ClN2O4. The number of amides is 2. The molecule has 0 bridgehead atoms. The molecule has 1 atom stereocenters. The summed E-state index contributed by atoms with van der Waals surface area (Å²) in [4.78, 5) is 26.6. The second-order valence-electron chi connectivity index (χ2n) is 7.31. The zero-order valence-corrected chi connectivity index (χ0v) is 18.1. The van der Waals surface area contributed by atoms with Crippen LogP contribution in [-0.2, 0) is 16.1 Å². The van der Waals surface area contributed by atoms with Gasteiger partial charge in [0.05, 0.1) is 18.8 Å². The summed E-state index contributed by atoms with van der Waals surface area (Å²) in [5, 5.41) is 3.40. The lowest BCUT2D eigenvalue weighted by atomic mass is 10.1. The average Bonchev–Trinajstić information content (AvgIpc) is 2.75. The second kappa shape index (κ2) is 10.3. The summed E-state index contributed by atoms with van der Waals surface area (Å²) in [5.74, 6) is 1.16. The van der Waals surface area contributed by atoms with Crippen molar-refractivity contribution in [1.82, 2.24) is 5.32 Å². The molecule has 0 radical (unpaired) electrons. The van der Waals surface area contributed by atoms with Gasteiger partial charge >= 0.3 is 0 Å². The number of hydrogen-bond acceptors (Lipinski definition) is 4. The van der Waals surface area contributed by atoms with Crippen molar-refractivity contribution >= 4 is 29.1 Å². The molecule has 0 saturated heterocycles. The number of nitrogens with zero attached hydrogens (tertiary/aromatic N) is 1. The van der Waals surface area contributed by atoms with Gasteiger partial charge in [0.25, 0.3) is 0 Å². The Balaban J connectivity index is 1.49. The highest BCUT2D eigenvalue weighted by atomic mass is 35.5. The van der Waals surface area contributed by atoms with E-state index in [2.05, 4.69) is 12.2 Å². The fourth-order valence-electron chi connectivity index (χ4n) is 3.21. The number of hydrogen-bond donors (Lipinski definition) is 1. The molecule has 0 aliphatic carbocycles. The highest BCUT2D eigenvalue weighted by Gasteiger charge is 2.27. The van der Waals surface area contributed by atoms with Crippen LogP contribution in [0.15, 0.2) is 42.5 Å². The first kappa shape index (κ1) is 22.0. The molecule has 1 aliphatic rings. The SMILES string of the molecule is CCCOc1ccc(CNC(=O)CCC(=O)N2C[C@H](C)Oc3ccc(Cl)cc32)cc1. The fourth-order valence-corrected chi connectivity index (χ4v) is 3.38. The second-order valence-corrected chi connectivity index (χ2v) is 7.75. The summed E-state index contributed by atoms with van der Waals surface area (Å²) in [7, 11) is 0. The Morgan fingerprint density at radius 1 is 1.20 bits per heavy atom. The first-order chi connectivity index (χ1) is 14.5. The van der Waals surface area contributed by atoms with Gasteiger partial charge in [0, 0.05) is 24.4 Å². The smallest absolute Gasteiger partial charge is 0.227 e. The number of nitrogens with one attached hydrogen (secondary N) is 1. The minimum absolute atomic E-state index is 0.119. The molecule has 0 unspecified atom stereocenters. The summed E-state index contributed by atoms with van der Waals surface area (Å²) < 4.78 is 11.3. The zero-order chi connectivity index (χ0) is 21.5. The van der Waals surface area contributed by atoms with Crippen molar-refractivity contribution in [2.45, 2.75) is 45.8 Å². The van der Waals surface area contributed by atoms with Crippen molar-refractivity contribution in [3.05, 3.63) is 53.1 Å². The number of rotatable bonds is 8. The van der Waals surface area contributed by atoms with Crippen LogP contribution in [0, 0.1) is 0 Å². The summed E-state index contributed by atoms with van der Waals surface area (Å²) in [6.45, 7) is 5.49.